The molecule has 0 saturated heterocycles. The second-order valence-electron chi connectivity index (χ2n) is 0.738. The summed E-state index contributed by atoms with van der Waals surface area (Å²) in [4.78, 5) is 27.1. The van der Waals surface area contributed by atoms with Gasteiger partial charge in [-0.25, -0.2) is 0 Å². The van der Waals surface area contributed by atoms with Crippen LogP contribution < -0.4 is 0 Å². The first-order valence-corrected chi connectivity index (χ1v) is 3.31. The second-order valence-corrected chi connectivity index (χ2v) is 1.82. The summed E-state index contributed by atoms with van der Waals surface area (Å²) in [5.74, 6) is -0.833. The molecule has 0 aromatic carbocycles. The molecule has 0 spiro atoms. The number of carbonyl (C=O) groups excluding carboxylic acids is 2. The molecule has 0 fully saturated rings. The molecular weight excluding hydrogens is 215 g/mol. The van der Waals surface area contributed by atoms with Crippen LogP contribution in [0.25, 0.3) is 0 Å². The van der Waals surface area contributed by atoms with Gasteiger partial charge in [0.2, 0.25) is 0 Å². The van der Waals surface area contributed by atoms with Crippen LogP contribution in [0.2, 0.25) is 0 Å². The van der Waals surface area contributed by atoms with E-state index < -0.39 is 22.2 Å². The number of carboxylic acids is 1. The van der Waals surface area contributed by atoms with Gasteiger partial charge in [-0.2, -0.15) is 0 Å². The molecule has 0 unspecified atom stereocenters. The number of carbonyl (C=O) groups is 1. The summed E-state index contributed by atoms with van der Waals surface area (Å²) >= 11 is -0.704. The van der Waals surface area contributed by atoms with Crippen molar-refractivity contribution in [2.45, 2.75) is 6.92 Å². The average Bonchev–Trinajstić information content (AvgIpc) is 1.66. The molecule has 0 aliphatic carbocycles. The van der Waals surface area contributed by atoms with E-state index in [9.17, 15) is 0 Å². The van der Waals surface area contributed by atoms with E-state index >= 15 is 0 Å². The van der Waals surface area contributed by atoms with Crippen molar-refractivity contribution in [3.05, 3.63) is 0 Å². The molecule has 5 heteroatoms. The number of aliphatic carboxylic acids is 1. The minimum atomic E-state index is -0.833. The van der Waals surface area contributed by atoms with Crippen LogP contribution in [0.5, 0.6) is 0 Å². The van der Waals surface area contributed by atoms with E-state index in [1.165, 1.54) is 8.95 Å². The van der Waals surface area contributed by atoms with Crippen molar-refractivity contribution in [1.29, 1.82) is 0 Å². The van der Waals surface area contributed by atoms with Crippen molar-refractivity contribution in [3.63, 3.8) is 0 Å². The van der Waals surface area contributed by atoms with E-state index in [2.05, 4.69) is 0 Å². The van der Waals surface area contributed by atoms with Gasteiger partial charge in [0.1, 0.15) is 0 Å². The molecule has 0 aromatic rings. The first-order valence-electron chi connectivity index (χ1n) is 1.67. The van der Waals surface area contributed by atoms with Crippen LogP contribution in [0.15, 0.2) is 0 Å². The molecule has 0 atom stereocenters. The van der Waals surface area contributed by atoms with Gasteiger partial charge in [-0.15, -0.1) is 0 Å². The van der Waals surface area contributed by atoms with Gasteiger partial charge in [-0.05, 0) is 0 Å². The van der Waals surface area contributed by atoms with Crippen LogP contribution in [0.1, 0.15) is 6.92 Å². The SMILES string of the molecule is CC(=O)O.O=[C]=[Rh]=[C]=O. The summed E-state index contributed by atoms with van der Waals surface area (Å²) in [6.45, 7) is 1.08. The topological polar surface area (TPSA) is 71.4 Å². The third kappa shape index (κ3) is 127. The van der Waals surface area contributed by atoms with Crippen LogP contribution in [-0.4, -0.2) is 20.0 Å². The fourth-order valence-corrected chi connectivity index (χ4v) is 0.0822. The summed E-state index contributed by atoms with van der Waals surface area (Å²) < 4.78 is 2.83. The fourth-order valence-electron chi connectivity index (χ4n) is 0.0139. The van der Waals surface area contributed by atoms with Gasteiger partial charge >= 0.3 is 34.8 Å². The number of carboxylic acid groups (broad SMARTS) is 1. The van der Waals surface area contributed by atoms with Crippen molar-refractivity contribution in [1.82, 2.24) is 0 Å². The zero-order valence-electron chi connectivity index (χ0n) is 4.51. The summed E-state index contributed by atoms with van der Waals surface area (Å²) in [5, 5.41) is 7.42. The molecule has 0 rings (SSSR count). The molecule has 0 aromatic heterocycles. The van der Waals surface area contributed by atoms with Gasteiger partial charge in [-0.1, -0.05) is 0 Å². The normalized spacial score (nSPS) is 5.44. The van der Waals surface area contributed by atoms with Gasteiger partial charge in [-0.3, -0.25) is 4.79 Å². The zero-order valence-corrected chi connectivity index (χ0v) is 6.14. The molecule has 53 valence electrons. The van der Waals surface area contributed by atoms with Crippen molar-refractivity contribution in [2.75, 3.05) is 0 Å². The summed E-state index contributed by atoms with van der Waals surface area (Å²) in [5.41, 5.74) is 0. The van der Waals surface area contributed by atoms with Crippen molar-refractivity contribution in [2.24, 2.45) is 0 Å². The molecular formula is C4H4O4Rh. The van der Waals surface area contributed by atoms with Crippen LogP contribution in [-0.2, 0) is 30.6 Å². The molecule has 4 nitrogen and oxygen atoms in total. The Labute approximate surface area is 58.1 Å². The Kier molecular flexibility index (Phi) is 12.7. The molecule has 9 heavy (non-hydrogen) atoms. The molecule has 1 N–H and O–H groups in total. The van der Waals surface area contributed by atoms with E-state index in [1.807, 2.05) is 0 Å². The Morgan fingerprint density at radius 2 is 1.67 bits per heavy atom. The van der Waals surface area contributed by atoms with Crippen LogP contribution in [0, 0.1) is 0 Å². The molecule has 0 aliphatic heterocycles. The maximum atomic E-state index is 9.05. The Balaban J connectivity index is 0. The molecule has 0 aliphatic rings. The molecule has 0 amide bonds. The van der Waals surface area contributed by atoms with Gasteiger partial charge in [0.05, 0.1) is 0 Å². The van der Waals surface area contributed by atoms with Gasteiger partial charge in [0.25, 0.3) is 5.97 Å². The third-order valence-electron chi connectivity index (χ3n) is 0.0680. The predicted molar refractivity (Wildman–Crippen MR) is 24.7 cm³/mol. The number of hydrogen-bond donors (Lipinski definition) is 1. The molecule has 0 radical (unpaired) electrons. The van der Waals surface area contributed by atoms with Crippen LogP contribution >= 0.6 is 0 Å². The van der Waals surface area contributed by atoms with E-state index in [-0.39, 0.29) is 0 Å². The standard InChI is InChI=1S/C2H4O2.2CO.Rh/c1-2(3)4;2*1-2;/h1H3,(H,3,4);;;. The average molecular weight is 219 g/mol. The number of hydrogen-bond acceptors (Lipinski definition) is 3. The van der Waals surface area contributed by atoms with Gasteiger partial charge < -0.3 is 5.11 Å². The first kappa shape index (κ1) is 11.1. The van der Waals surface area contributed by atoms with E-state index in [0.29, 0.717) is 0 Å². The summed E-state index contributed by atoms with van der Waals surface area (Å²) in [6, 6.07) is 0. The second kappa shape index (κ2) is 10.3. The van der Waals surface area contributed by atoms with Gasteiger partial charge in [0, 0.05) is 6.92 Å². The Morgan fingerprint density at radius 3 is 1.67 bits per heavy atom. The van der Waals surface area contributed by atoms with E-state index in [4.69, 9.17) is 19.5 Å². The monoisotopic (exact) mass is 219 g/mol. The Morgan fingerprint density at radius 1 is 1.44 bits per heavy atom. The van der Waals surface area contributed by atoms with Crippen molar-refractivity contribution >= 4 is 14.9 Å². The Bertz CT molecular complexity index is 165. The minimum absolute atomic E-state index is 0.704. The predicted octanol–water partition coefficient (Wildman–Crippen LogP) is -0.706. The molecule has 0 bridgehead atoms. The van der Waals surface area contributed by atoms with E-state index in [0.717, 1.165) is 6.92 Å². The fraction of sp³-hybridized carbons (Fsp3) is 0.250. The quantitative estimate of drug-likeness (QED) is 0.546. The summed E-state index contributed by atoms with van der Waals surface area (Å²) in [6.07, 6.45) is 0. The number of rotatable bonds is 0. The molecule has 0 heterocycles. The summed E-state index contributed by atoms with van der Waals surface area (Å²) in [7, 11) is 0. The van der Waals surface area contributed by atoms with Crippen LogP contribution in [0.4, 0.5) is 0 Å². The third-order valence-corrected chi connectivity index (χ3v) is 0.403. The molecule has 0 saturated carbocycles. The van der Waals surface area contributed by atoms with Crippen molar-refractivity contribution < 1.29 is 35.7 Å². The maximum absolute atomic E-state index is 9.05. The zero-order chi connectivity index (χ0) is 7.70. The van der Waals surface area contributed by atoms with Gasteiger partial charge in [0.15, 0.2) is 0 Å². The van der Waals surface area contributed by atoms with Crippen molar-refractivity contribution in [3.8, 4) is 0 Å². The first-order chi connectivity index (χ1) is 4.15. The van der Waals surface area contributed by atoms with E-state index in [1.54, 1.807) is 0 Å². The Hall–Kier alpha value is -0.747. The van der Waals surface area contributed by atoms with Crippen LogP contribution in [0.3, 0.4) is 0 Å².